The zero-order valence-corrected chi connectivity index (χ0v) is 15.7. The molecule has 25 heavy (non-hydrogen) atoms. The number of anilines is 2. The molecule has 0 saturated carbocycles. The van der Waals surface area contributed by atoms with Crippen LogP contribution in [0.4, 0.5) is 11.5 Å². The Morgan fingerprint density at radius 2 is 2.20 bits per heavy atom. The zero-order valence-electron chi connectivity index (χ0n) is 13.3. The SMILES string of the molecule is O=C(Nc1cscc1Cl)c1csc2ncc(N3CCCNCC3)nc12. The van der Waals surface area contributed by atoms with E-state index in [4.69, 9.17) is 16.6 Å². The van der Waals surface area contributed by atoms with Gasteiger partial charge < -0.3 is 15.5 Å². The molecule has 0 radical (unpaired) electrons. The van der Waals surface area contributed by atoms with Crippen LogP contribution in [0.1, 0.15) is 16.8 Å². The summed E-state index contributed by atoms with van der Waals surface area (Å²) >= 11 is 8.93. The van der Waals surface area contributed by atoms with Crippen LogP contribution >= 0.6 is 34.3 Å². The Kier molecular flexibility index (Phi) is 4.85. The third kappa shape index (κ3) is 3.48. The van der Waals surface area contributed by atoms with Crippen molar-refractivity contribution in [3.63, 3.8) is 0 Å². The van der Waals surface area contributed by atoms with Crippen LogP contribution in [0, 0.1) is 0 Å². The molecule has 0 aliphatic carbocycles. The van der Waals surface area contributed by atoms with Gasteiger partial charge in [0.15, 0.2) is 0 Å². The Morgan fingerprint density at radius 1 is 1.28 bits per heavy atom. The molecule has 0 spiro atoms. The molecule has 4 rings (SSSR count). The van der Waals surface area contributed by atoms with Gasteiger partial charge in [-0.2, -0.15) is 0 Å². The number of nitrogens with one attached hydrogen (secondary N) is 2. The van der Waals surface area contributed by atoms with Gasteiger partial charge in [0, 0.05) is 35.8 Å². The summed E-state index contributed by atoms with van der Waals surface area (Å²) in [6, 6.07) is 0. The van der Waals surface area contributed by atoms with Crippen LogP contribution in [-0.4, -0.2) is 42.1 Å². The molecule has 6 nitrogen and oxygen atoms in total. The molecule has 3 aromatic rings. The van der Waals surface area contributed by atoms with Crippen molar-refractivity contribution < 1.29 is 4.79 Å². The van der Waals surface area contributed by atoms with Gasteiger partial charge in [-0.3, -0.25) is 4.79 Å². The van der Waals surface area contributed by atoms with Gasteiger partial charge in [0.05, 0.1) is 22.5 Å². The first-order chi connectivity index (χ1) is 12.2. The molecule has 1 amide bonds. The topological polar surface area (TPSA) is 70.2 Å². The van der Waals surface area contributed by atoms with Crippen LogP contribution < -0.4 is 15.5 Å². The summed E-state index contributed by atoms with van der Waals surface area (Å²) in [5.41, 5.74) is 1.80. The molecule has 2 N–H and O–H groups in total. The highest BCUT2D eigenvalue weighted by Crippen LogP contribution is 2.29. The fourth-order valence-corrected chi connectivity index (χ4v) is 4.54. The summed E-state index contributed by atoms with van der Waals surface area (Å²) in [6.45, 7) is 3.76. The highest BCUT2D eigenvalue weighted by molar-refractivity contribution is 7.17. The number of carbonyl (C=O) groups is 1. The largest absolute Gasteiger partial charge is 0.354 e. The smallest absolute Gasteiger partial charge is 0.258 e. The second-order valence-corrected chi connectivity index (χ2v) is 7.72. The Labute approximate surface area is 157 Å². The van der Waals surface area contributed by atoms with Gasteiger partial charge in [-0.15, -0.1) is 22.7 Å². The van der Waals surface area contributed by atoms with Crippen molar-refractivity contribution in [3.05, 3.63) is 32.9 Å². The summed E-state index contributed by atoms with van der Waals surface area (Å²) in [7, 11) is 0. The molecule has 1 saturated heterocycles. The molecule has 9 heteroatoms. The van der Waals surface area contributed by atoms with Crippen molar-refractivity contribution >= 4 is 62.0 Å². The number of fused-ring (bicyclic) bond motifs is 1. The summed E-state index contributed by atoms with van der Waals surface area (Å²) in [5.74, 6) is 0.604. The molecule has 1 aliphatic rings. The van der Waals surface area contributed by atoms with E-state index in [9.17, 15) is 4.79 Å². The average Bonchev–Trinajstić information content (AvgIpc) is 3.11. The fraction of sp³-hybridized carbons (Fsp3) is 0.312. The van der Waals surface area contributed by atoms with Crippen molar-refractivity contribution in [2.75, 3.05) is 36.4 Å². The van der Waals surface area contributed by atoms with Gasteiger partial charge in [0.25, 0.3) is 5.91 Å². The molecular formula is C16H16ClN5OS2. The molecule has 0 aromatic carbocycles. The summed E-state index contributed by atoms with van der Waals surface area (Å²) in [5, 5.41) is 12.2. The van der Waals surface area contributed by atoms with Gasteiger partial charge in [0.2, 0.25) is 0 Å². The predicted molar refractivity (Wildman–Crippen MR) is 104 cm³/mol. The number of rotatable bonds is 3. The molecule has 1 aliphatic heterocycles. The number of hydrogen-bond acceptors (Lipinski definition) is 7. The van der Waals surface area contributed by atoms with Crippen molar-refractivity contribution in [2.24, 2.45) is 0 Å². The van der Waals surface area contributed by atoms with Gasteiger partial charge in [-0.25, -0.2) is 9.97 Å². The lowest BCUT2D eigenvalue weighted by Crippen LogP contribution is -2.28. The van der Waals surface area contributed by atoms with E-state index in [0.717, 1.165) is 43.2 Å². The third-order valence-electron chi connectivity index (χ3n) is 4.04. The fourth-order valence-electron chi connectivity index (χ4n) is 2.75. The molecule has 0 atom stereocenters. The maximum Gasteiger partial charge on any atom is 0.258 e. The first kappa shape index (κ1) is 16.7. The lowest BCUT2D eigenvalue weighted by atomic mass is 10.2. The van der Waals surface area contributed by atoms with Gasteiger partial charge in [-0.05, 0) is 13.0 Å². The lowest BCUT2D eigenvalue weighted by molar-refractivity contribution is 0.102. The van der Waals surface area contributed by atoms with Crippen LogP contribution in [0.25, 0.3) is 10.3 Å². The first-order valence-corrected chi connectivity index (χ1v) is 10.2. The average molecular weight is 394 g/mol. The number of carbonyl (C=O) groups excluding carboxylic acids is 1. The minimum atomic E-state index is -0.212. The lowest BCUT2D eigenvalue weighted by Gasteiger charge is -2.20. The zero-order chi connectivity index (χ0) is 17.2. The standard InChI is InChI=1S/C16H16ClN5OS2/c17-11-8-24-9-12(11)20-15(23)10-7-25-16-14(10)21-13(6-19-16)22-4-1-2-18-3-5-22/h6-9,18H,1-5H2,(H,20,23). The molecule has 0 bridgehead atoms. The maximum atomic E-state index is 12.6. The third-order valence-corrected chi connectivity index (χ3v) is 6.10. The first-order valence-electron chi connectivity index (χ1n) is 7.95. The molecule has 1 fully saturated rings. The number of amides is 1. The van der Waals surface area contributed by atoms with Crippen molar-refractivity contribution in [2.45, 2.75) is 6.42 Å². The van der Waals surface area contributed by atoms with Crippen LogP contribution in [0.3, 0.4) is 0 Å². The van der Waals surface area contributed by atoms with Crippen molar-refractivity contribution in [3.8, 4) is 0 Å². The van der Waals surface area contributed by atoms with Gasteiger partial charge in [0.1, 0.15) is 16.2 Å². The number of thiophene rings is 2. The molecule has 130 valence electrons. The molecule has 3 aromatic heterocycles. The molecular weight excluding hydrogens is 378 g/mol. The quantitative estimate of drug-likeness (QED) is 0.713. The number of aromatic nitrogens is 2. The monoisotopic (exact) mass is 393 g/mol. The predicted octanol–water partition coefficient (Wildman–Crippen LogP) is 3.46. The minimum absolute atomic E-state index is 0.212. The summed E-state index contributed by atoms with van der Waals surface area (Å²) in [6.07, 6.45) is 2.86. The minimum Gasteiger partial charge on any atom is -0.354 e. The normalized spacial score (nSPS) is 15.3. The maximum absolute atomic E-state index is 12.6. The van der Waals surface area contributed by atoms with Crippen LogP contribution in [0.15, 0.2) is 22.3 Å². The highest BCUT2D eigenvalue weighted by atomic mass is 35.5. The Hall–Kier alpha value is -1.74. The summed E-state index contributed by atoms with van der Waals surface area (Å²) < 4.78 is 0. The Bertz CT molecular complexity index is 901. The molecule has 4 heterocycles. The Morgan fingerprint density at radius 3 is 3.04 bits per heavy atom. The van der Waals surface area contributed by atoms with E-state index in [0.29, 0.717) is 21.8 Å². The van der Waals surface area contributed by atoms with E-state index < -0.39 is 0 Å². The number of halogens is 1. The number of nitrogens with zero attached hydrogens (tertiary/aromatic N) is 3. The van der Waals surface area contributed by atoms with Crippen molar-refractivity contribution in [1.29, 1.82) is 0 Å². The Balaban J connectivity index is 1.64. The van der Waals surface area contributed by atoms with Crippen LogP contribution in [0.5, 0.6) is 0 Å². The van der Waals surface area contributed by atoms with E-state index in [-0.39, 0.29) is 5.91 Å². The van der Waals surface area contributed by atoms with Gasteiger partial charge in [-0.1, -0.05) is 11.6 Å². The van der Waals surface area contributed by atoms with Crippen molar-refractivity contribution in [1.82, 2.24) is 15.3 Å². The van der Waals surface area contributed by atoms with E-state index in [1.54, 1.807) is 17.0 Å². The summed E-state index contributed by atoms with van der Waals surface area (Å²) in [4.78, 5) is 24.8. The second-order valence-electron chi connectivity index (χ2n) is 5.71. The van der Waals surface area contributed by atoms with E-state index in [1.165, 1.54) is 22.7 Å². The van der Waals surface area contributed by atoms with Crippen LogP contribution in [-0.2, 0) is 0 Å². The van der Waals surface area contributed by atoms with E-state index in [1.807, 2.05) is 5.38 Å². The van der Waals surface area contributed by atoms with Crippen LogP contribution in [0.2, 0.25) is 5.02 Å². The van der Waals surface area contributed by atoms with Gasteiger partial charge >= 0.3 is 0 Å². The number of hydrogen-bond donors (Lipinski definition) is 2. The van der Waals surface area contributed by atoms with E-state index >= 15 is 0 Å². The highest BCUT2D eigenvalue weighted by Gasteiger charge is 2.18. The molecule has 0 unspecified atom stereocenters. The second kappa shape index (κ2) is 7.25. The van der Waals surface area contributed by atoms with E-state index in [2.05, 4.69) is 20.5 Å².